The van der Waals surface area contributed by atoms with Crippen LogP contribution in [-0.4, -0.2) is 62.4 Å². The lowest BCUT2D eigenvalue weighted by Crippen LogP contribution is -2.41. The Balaban J connectivity index is 0.000000195. The number of ether oxygens (including phenoxy) is 2. The van der Waals surface area contributed by atoms with Crippen LogP contribution in [0.1, 0.15) is 52.7 Å². The molecule has 2 aromatic heterocycles. The third-order valence-corrected chi connectivity index (χ3v) is 11.5. The van der Waals surface area contributed by atoms with Crippen LogP contribution in [0.25, 0.3) is 22.6 Å². The molecule has 0 unspecified atom stereocenters. The lowest BCUT2D eigenvalue weighted by molar-refractivity contribution is -0.217. The molecule has 4 aromatic carbocycles. The number of anilines is 2. The average molecular weight is 1080 g/mol. The van der Waals surface area contributed by atoms with Gasteiger partial charge in [-0.25, -0.2) is 18.1 Å². The maximum absolute atomic E-state index is 14.1. The summed E-state index contributed by atoms with van der Waals surface area (Å²) >= 11 is 13.9. The molecule has 6 aromatic rings. The van der Waals surface area contributed by atoms with Gasteiger partial charge in [-0.05, 0) is 160 Å². The minimum absolute atomic E-state index is 0.206. The summed E-state index contributed by atoms with van der Waals surface area (Å²) in [6.07, 6.45) is -12.8. The van der Waals surface area contributed by atoms with Gasteiger partial charge in [-0.2, -0.15) is 31.4 Å². The molecule has 66 heavy (non-hydrogen) atoms. The van der Waals surface area contributed by atoms with Crippen molar-refractivity contribution in [2.24, 2.45) is 0 Å². The number of aromatic nitrogens is 4. The molecule has 0 bridgehead atoms. The zero-order valence-electron chi connectivity index (χ0n) is 36.1. The van der Waals surface area contributed by atoms with Crippen LogP contribution in [0, 0.1) is 15.3 Å². The molecule has 0 saturated carbocycles. The van der Waals surface area contributed by atoms with Gasteiger partial charge in [-0.1, -0.05) is 29.3 Å². The third-order valence-electron chi connectivity index (χ3n) is 10.2. The van der Waals surface area contributed by atoms with E-state index in [2.05, 4.69) is 32.8 Å². The minimum Gasteiger partial charge on any atom is -0.399 e. The molecule has 10 nitrogen and oxygen atoms in total. The second kappa shape index (κ2) is 21.2. The Morgan fingerprint density at radius 3 is 1.53 bits per heavy atom. The monoisotopic (exact) mass is 1080 g/mol. The number of benzene rings is 4. The number of nitrogens with two attached hydrogens (primary N) is 2. The fourth-order valence-electron chi connectivity index (χ4n) is 5.91. The maximum Gasteiger partial charge on any atom is 0.494 e. The first kappa shape index (κ1) is 52.5. The van der Waals surface area contributed by atoms with Crippen LogP contribution >= 0.6 is 45.8 Å². The second-order valence-electron chi connectivity index (χ2n) is 15.9. The van der Waals surface area contributed by atoms with E-state index in [0.29, 0.717) is 38.3 Å². The first-order valence-corrected chi connectivity index (χ1v) is 21.7. The molecular weight excluding hydrogens is 1040 g/mol. The van der Waals surface area contributed by atoms with Gasteiger partial charge in [0, 0.05) is 27.7 Å². The quantitative estimate of drug-likeness (QED) is 0.0790. The van der Waals surface area contributed by atoms with E-state index >= 15 is 0 Å². The molecule has 1 aliphatic rings. The van der Waals surface area contributed by atoms with Gasteiger partial charge in [0.25, 0.3) is 0 Å². The highest BCUT2D eigenvalue weighted by Gasteiger charge is 2.52. The first-order valence-electron chi connectivity index (χ1n) is 19.8. The zero-order chi connectivity index (χ0) is 48.9. The van der Waals surface area contributed by atoms with Crippen LogP contribution < -0.4 is 16.9 Å². The summed E-state index contributed by atoms with van der Waals surface area (Å²) in [5.74, 6) is -0.472. The largest absolute Gasteiger partial charge is 0.494 e. The summed E-state index contributed by atoms with van der Waals surface area (Å²) in [6.45, 7) is 8.51. The zero-order valence-corrected chi connectivity index (χ0v) is 39.8. The Hall–Kier alpha value is -4.45. The summed E-state index contributed by atoms with van der Waals surface area (Å²) in [7, 11) is -0.788. The second-order valence-corrected chi connectivity index (χ2v) is 17.9. The van der Waals surface area contributed by atoms with E-state index in [0.717, 1.165) is 35.4 Å². The van der Waals surface area contributed by atoms with Crippen LogP contribution in [0.2, 0.25) is 10.0 Å². The Morgan fingerprint density at radius 2 is 1.08 bits per heavy atom. The van der Waals surface area contributed by atoms with Gasteiger partial charge in [-0.15, -0.1) is 5.10 Å². The predicted molar refractivity (Wildman–Crippen MR) is 247 cm³/mol. The summed E-state index contributed by atoms with van der Waals surface area (Å²) in [5.41, 5.74) is 13.6. The van der Waals surface area contributed by atoms with E-state index in [9.17, 15) is 35.1 Å². The topological polar surface area (TPSA) is 125 Å². The van der Waals surface area contributed by atoms with Gasteiger partial charge in [0.1, 0.15) is 27.0 Å². The van der Waals surface area contributed by atoms with Crippen molar-refractivity contribution in [3.8, 4) is 22.6 Å². The molecule has 1 saturated heterocycles. The Kier molecular flexibility index (Phi) is 16.9. The van der Waals surface area contributed by atoms with E-state index in [1.54, 1.807) is 35.0 Å². The third kappa shape index (κ3) is 14.0. The molecule has 2 atom stereocenters. The lowest BCUT2D eigenvalue weighted by atomic mass is 9.78. The highest BCUT2D eigenvalue weighted by Crippen LogP contribution is 2.37. The molecule has 1 aliphatic heterocycles. The predicted octanol–water partition coefficient (Wildman–Crippen LogP) is 11.7. The molecule has 22 heteroatoms. The van der Waals surface area contributed by atoms with Gasteiger partial charge >= 0.3 is 19.5 Å². The highest BCUT2D eigenvalue weighted by molar-refractivity contribution is 14.1. The van der Waals surface area contributed by atoms with Gasteiger partial charge in [0.15, 0.2) is 12.2 Å². The van der Waals surface area contributed by atoms with E-state index < -0.39 is 61.1 Å². The van der Waals surface area contributed by atoms with E-state index in [1.807, 2.05) is 58.0 Å². The summed E-state index contributed by atoms with van der Waals surface area (Å²) in [4.78, 5) is 0. The van der Waals surface area contributed by atoms with E-state index in [1.165, 1.54) is 28.9 Å². The molecule has 0 spiro atoms. The number of nitrogen functional groups attached to an aromatic ring is 2. The summed E-state index contributed by atoms with van der Waals surface area (Å²) < 4.78 is 129. The number of hydrogen-bond acceptors (Lipinski definition) is 8. The molecule has 0 aliphatic carbocycles. The van der Waals surface area contributed by atoms with Crippen LogP contribution in [0.15, 0.2) is 97.1 Å². The Labute approximate surface area is 399 Å². The maximum atomic E-state index is 14.1. The van der Waals surface area contributed by atoms with Crippen molar-refractivity contribution in [3.05, 3.63) is 134 Å². The fourth-order valence-corrected chi connectivity index (χ4v) is 6.87. The average Bonchev–Trinajstić information content (AvgIpc) is 3.85. The van der Waals surface area contributed by atoms with Crippen molar-refractivity contribution in [1.29, 1.82) is 0 Å². The highest BCUT2D eigenvalue weighted by atomic mass is 127. The minimum atomic E-state index is -4.49. The van der Waals surface area contributed by atoms with Gasteiger partial charge in [0.05, 0.1) is 41.5 Å². The number of nitrogens with zero attached hydrogens (tertiary/aromatic N) is 4. The SMILES string of the molecule is C[C@@H](OCc1cc(F)cc(-c2cc(N)nn2-c2ccc(Cl)cc2)c1)C(F)(F)F.C[C@@H](OCc1cc(F)cc(B2OC(C)(C)C(C)(C)O2)c1)C(F)(F)F.Nc1cc(I)n(-c2ccc(Cl)cc2)n1. The van der Waals surface area contributed by atoms with Gasteiger partial charge < -0.3 is 30.2 Å². The molecule has 3 heterocycles. The summed E-state index contributed by atoms with van der Waals surface area (Å²) in [5, 5.41) is 9.60. The van der Waals surface area contributed by atoms with Crippen LogP contribution in [0.3, 0.4) is 0 Å². The van der Waals surface area contributed by atoms with Crippen molar-refractivity contribution >= 4 is 70.0 Å². The van der Waals surface area contributed by atoms with Crippen LogP contribution in [0.5, 0.6) is 0 Å². The molecule has 4 N–H and O–H groups in total. The number of alkyl halides is 6. The number of hydrogen-bond donors (Lipinski definition) is 2. The summed E-state index contributed by atoms with van der Waals surface area (Å²) in [6, 6.07) is 25.4. The van der Waals surface area contributed by atoms with Crippen molar-refractivity contribution in [3.63, 3.8) is 0 Å². The van der Waals surface area contributed by atoms with Crippen molar-refractivity contribution in [2.45, 2.75) is 90.5 Å². The van der Waals surface area contributed by atoms with E-state index in [-0.39, 0.29) is 23.6 Å². The van der Waals surface area contributed by atoms with E-state index in [4.69, 9.17) is 53.5 Å². The van der Waals surface area contributed by atoms with Crippen LogP contribution in [-0.2, 0) is 32.0 Å². The Bertz CT molecular complexity index is 2560. The Morgan fingerprint density at radius 1 is 0.652 bits per heavy atom. The van der Waals surface area contributed by atoms with Crippen molar-refractivity contribution in [1.82, 2.24) is 19.6 Å². The molecule has 7 rings (SSSR count). The first-order chi connectivity index (χ1) is 30.6. The van der Waals surface area contributed by atoms with Crippen LogP contribution in [0.4, 0.5) is 46.8 Å². The lowest BCUT2D eigenvalue weighted by Gasteiger charge is -2.32. The normalized spacial score (nSPS) is 15.4. The number of halogens is 11. The standard InChI is InChI=1S/C19H16ClF4N3O.C16H21BF4O3.C9H7ClIN3/c1-11(19(22,23)24)28-10-12-6-13(8-15(21)7-12)17-9-18(25)26-27(17)16-4-2-14(20)3-5-16;1-10(16(19,20)21)22-9-11-6-12(8-13(18)7-11)17-23-14(2,3)15(4,5)24-17;10-6-1-3-7(4-2-6)14-8(11)5-9(12)13-14/h2-9,11H,10H2,1H3,(H2,25,26);6-8,10H,9H2,1-5H3;1-5H,(H2,12,13)/t11-;10-;/m11./s1. The molecular formula is C44H44BCl2F8IN6O4. The smallest absolute Gasteiger partial charge is 0.399 e. The van der Waals surface area contributed by atoms with Crippen molar-refractivity contribution < 1.29 is 53.9 Å². The van der Waals surface area contributed by atoms with Crippen molar-refractivity contribution in [2.75, 3.05) is 11.5 Å². The fraction of sp³-hybridized carbons (Fsp3) is 0.318. The van der Waals surface area contributed by atoms with Gasteiger partial charge in [0.2, 0.25) is 0 Å². The molecule has 1 fully saturated rings. The molecule has 0 radical (unpaired) electrons. The molecule has 0 amide bonds. The number of rotatable bonds is 10. The van der Waals surface area contributed by atoms with Gasteiger partial charge in [-0.3, -0.25) is 0 Å². The molecule has 354 valence electrons.